The Hall–Kier alpha value is -2.61. The van der Waals surface area contributed by atoms with Crippen LogP contribution < -0.4 is 0 Å². The first-order chi connectivity index (χ1) is 13.1. The van der Waals surface area contributed by atoms with E-state index in [-0.39, 0.29) is 11.7 Å². The summed E-state index contributed by atoms with van der Waals surface area (Å²) in [6, 6.07) is 10.8. The highest BCUT2D eigenvalue weighted by Gasteiger charge is 2.14. The van der Waals surface area contributed by atoms with Gasteiger partial charge in [-0.25, -0.2) is 4.98 Å². The maximum atomic E-state index is 12.2. The molecule has 0 amide bonds. The van der Waals surface area contributed by atoms with Crippen LogP contribution in [0.2, 0.25) is 10.0 Å². The molecule has 3 rings (SSSR count). The molecular weight excluding hydrogens is 383 g/mol. The Kier molecular flexibility index (Phi) is 6.64. The molecule has 0 spiro atoms. The van der Waals surface area contributed by atoms with Crippen LogP contribution in [0.3, 0.4) is 0 Å². The molecule has 0 atom stereocenters. The zero-order valence-electron chi connectivity index (χ0n) is 14.4. The van der Waals surface area contributed by atoms with Crippen LogP contribution in [0, 0.1) is 11.8 Å². The third-order valence-electron chi connectivity index (χ3n) is 3.79. The molecule has 1 aromatic carbocycles. The van der Waals surface area contributed by atoms with Crippen molar-refractivity contribution in [3.63, 3.8) is 0 Å². The molecule has 27 heavy (non-hydrogen) atoms. The first-order valence-electron chi connectivity index (χ1n) is 8.48. The Bertz CT molecular complexity index is 988. The van der Waals surface area contributed by atoms with Gasteiger partial charge in [-0.05, 0) is 37.1 Å². The van der Waals surface area contributed by atoms with Gasteiger partial charge in [0.1, 0.15) is 5.69 Å². The van der Waals surface area contributed by atoms with Gasteiger partial charge in [-0.2, -0.15) is 0 Å². The van der Waals surface area contributed by atoms with Crippen LogP contribution in [0.15, 0.2) is 53.2 Å². The van der Waals surface area contributed by atoms with E-state index in [4.69, 9.17) is 27.6 Å². The van der Waals surface area contributed by atoms with E-state index in [1.807, 2.05) is 24.3 Å². The summed E-state index contributed by atoms with van der Waals surface area (Å²) in [5, 5.41) is 0.958. The maximum Gasteiger partial charge on any atom is 0.263 e. The number of unbranched alkanes of at least 4 members (excludes halogenated alkanes) is 2. The van der Waals surface area contributed by atoms with Crippen LogP contribution in [0.4, 0.5) is 0 Å². The van der Waals surface area contributed by atoms with E-state index in [0.717, 1.165) is 6.42 Å². The van der Waals surface area contributed by atoms with Crippen molar-refractivity contribution in [2.75, 3.05) is 0 Å². The van der Waals surface area contributed by atoms with Gasteiger partial charge in [0.2, 0.25) is 5.78 Å². The normalized spacial score (nSPS) is 10.3. The topological polar surface area (TPSA) is 56.0 Å². The van der Waals surface area contributed by atoms with Gasteiger partial charge in [-0.3, -0.25) is 9.78 Å². The predicted octanol–water partition coefficient (Wildman–Crippen LogP) is 5.84. The van der Waals surface area contributed by atoms with Crippen molar-refractivity contribution in [1.82, 2.24) is 9.97 Å². The third-order valence-corrected chi connectivity index (χ3v) is 4.61. The minimum absolute atomic E-state index is 0.118. The Balaban J connectivity index is 1.46. The number of benzene rings is 1. The summed E-state index contributed by atoms with van der Waals surface area (Å²) in [6.45, 7) is 0. The number of carbonyl (C=O) groups excluding carboxylic acids is 1. The molecule has 2 aromatic heterocycles. The molecule has 0 saturated heterocycles. The molecule has 0 aliphatic rings. The van der Waals surface area contributed by atoms with E-state index in [0.29, 0.717) is 46.3 Å². The van der Waals surface area contributed by atoms with Crippen molar-refractivity contribution >= 4 is 29.0 Å². The highest BCUT2D eigenvalue weighted by atomic mass is 35.5. The summed E-state index contributed by atoms with van der Waals surface area (Å²) in [7, 11) is 0. The first kappa shape index (κ1) is 19.2. The van der Waals surface area contributed by atoms with Gasteiger partial charge in [0.05, 0.1) is 16.2 Å². The number of rotatable bonds is 6. The number of Topliss-reactive ketones (excluding diaryl/α,β-unsaturated/α-hetero) is 1. The summed E-state index contributed by atoms with van der Waals surface area (Å²) in [5.74, 6) is 6.55. The lowest BCUT2D eigenvalue weighted by molar-refractivity contribution is 0.0946. The molecule has 0 saturated carbocycles. The largest absolute Gasteiger partial charge is 0.432 e. The van der Waals surface area contributed by atoms with E-state index in [9.17, 15) is 4.79 Å². The fourth-order valence-electron chi connectivity index (χ4n) is 2.39. The summed E-state index contributed by atoms with van der Waals surface area (Å²) in [4.78, 5) is 20.4. The second kappa shape index (κ2) is 9.36. The number of oxazole rings is 1. The molecule has 0 aliphatic carbocycles. The zero-order valence-corrected chi connectivity index (χ0v) is 15.9. The SMILES string of the molecule is O=C(CCCCC#Cc1cccc(Cl)c1Cl)c1ncc(-c2ccccn2)o1. The Morgan fingerprint density at radius 1 is 1.07 bits per heavy atom. The van der Waals surface area contributed by atoms with Crippen molar-refractivity contribution in [3.05, 3.63) is 70.3 Å². The number of nitrogens with zero attached hydrogens (tertiary/aromatic N) is 2. The second-order valence-electron chi connectivity index (χ2n) is 5.78. The standard InChI is InChI=1S/C21H16Cl2N2O2/c22-16-10-7-9-15(20(16)23)8-3-1-2-4-12-18(26)21-25-14-19(27-21)17-11-5-6-13-24-17/h5-7,9-11,13-14H,1-2,4,12H2. The number of ketones is 1. The number of hydrogen-bond donors (Lipinski definition) is 0. The van der Waals surface area contributed by atoms with E-state index in [1.165, 1.54) is 6.20 Å². The van der Waals surface area contributed by atoms with Crippen LogP contribution in [0.1, 0.15) is 41.9 Å². The van der Waals surface area contributed by atoms with Gasteiger partial charge in [0.25, 0.3) is 5.89 Å². The molecule has 2 heterocycles. The Morgan fingerprint density at radius 2 is 1.96 bits per heavy atom. The molecule has 4 nitrogen and oxygen atoms in total. The van der Waals surface area contributed by atoms with Crippen LogP contribution in [0.25, 0.3) is 11.5 Å². The molecule has 6 heteroatoms. The summed E-state index contributed by atoms with van der Waals surface area (Å²) < 4.78 is 5.51. The highest BCUT2D eigenvalue weighted by molar-refractivity contribution is 6.42. The van der Waals surface area contributed by atoms with Gasteiger partial charge in [0, 0.05) is 24.6 Å². The Labute approximate surface area is 167 Å². The molecule has 0 fully saturated rings. The van der Waals surface area contributed by atoms with Crippen LogP contribution >= 0.6 is 23.2 Å². The minimum Gasteiger partial charge on any atom is -0.432 e. The summed E-state index contributed by atoms with van der Waals surface area (Å²) >= 11 is 12.0. The summed E-state index contributed by atoms with van der Waals surface area (Å²) in [5.41, 5.74) is 1.36. The lowest BCUT2D eigenvalue weighted by atomic mass is 10.1. The predicted molar refractivity (Wildman–Crippen MR) is 106 cm³/mol. The fraction of sp³-hybridized carbons (Fsp3) is 0.190. The summed E-state index contributed by atoms with van der Waals surface area (Å²) in [6.07, 6.45) is 5.72. The van der Waals surface area contributed by atoms with Crippen molar-refractivity contribution in [2.24, 2.45) is 0 Å². The van der Waals surface area contributed by atoms with E-state index < -0.39 is 0 Å². The average Bonchev–Trinajstić information content (AvgIpc) is 3.18. The fourth-order valence-corrected chi connectivity index (χ4v) is 2.74. The minimum atomic E-state index is -0.122. The number of aromatic nitrogens is 2. The molecule has 0 aliphatic heterocycles. The molecule has 0 radical (unpaired) electrons. The van der Waals surface area contributed by atoms with E-state index in [1.54, 1.807) is 18.3 Å². The zero-order chi connectivity index (χ0) is 19.1. The van der Waals surface area contributed by atoms with Gasteiger partial charge in [0.15, 0.2) is 5.76 Å². The van der Waals surface area contributed by atoms with Crippen LogP contribution in [0.5, 0.6) is 0 Å². The Morgan fingerprint density at radius 3 is 2.78 bits per heavy atom. The van der Waals surface area contributed by atoms with Gasteiger partial charge in [-0.1, -0.05) is 47.2 Å². The van der Waals surface area contributed by atoms with Crippen molar-refractivity contribution in [2.45, 2.75) is 25.7 Å². The molecule has 136 valence electrons. The maximum absolute atomic E-state index is 12.2. The van der Waals surface area contributed by atoms with E-state index in [2.05, 4.69) is 21.8 Å². The molecule has 0 N–H and O–H groups in total. The van der Waals surface area contributed by atoms with E-state index >= 15 is 0 Å². The quantitative estimate of drug-likeness (QED) is 0.297. The molecular formula is C21H16Cl2N2O2. The van der Waals surface area contributed by atoms with Crippen molar-refractivity contribution in [1.29, 1.82) is 0 Å². The number of pyridine rings is 1. The lowest BCUT2D eigenvalue weighted by Crippen LogP contribution is -1.98. The van der Waals surface area contributed by atoms with Gasteiger partial charge >= 0.3 is 0 Å². The number of hydrogen-bond acceptors (Lipinski definition) is 4. The first-order valence-corrected chi connectivity index (χ1v) is 9.24. The molecule has 0 unspecified atom stereocenters. The second-order valence-corrected chi connectivity index (χ2v) is 6.56. The smallest absolute Gasteiger partial charge is 0.263 e. The number of carbonyl (C=O) groups is 1. The van der Waals surface area contributed by atoms with Gasteiger partial charge < -0.3 is 4.42 Å². The van der Waals surface area contributed by atoms with Crippen LogP contribution in [-0.4, -0.2) is 15.8 Å². The number of halogens is 2. The highest BCUT2D eigenvalue weighted by Crippen LogP contribution is 2.24. The molecule has 3 aromatic rings. The van der Waals surface area contributed by atoms with Crippen LogP contribution in [-0.2, 0) is 0 Å². The third kappa shape index (κ3) is 5.19. The lowest BCUT2D eigenvalue weighted by Gasteiger charge is -1.97. The van der Waals surface area contributed by atoms with Crippen molar-refractivity contribution < 1.29 is 9.21 Å². The monoisotopic (exact) mass is 398 g/mol. The molecule has 0 bridgehead atoms. The average molecular weight is 399 g/mol. The van der Waals surface area contributed by atoms with Crippen molar-refractivity contribution in [3.8, 4) is 23.3 Å². The van der Waals surface area contributed by atoms with Gasteiger partial charge in [-0.15, -0.1) is 0 Å².